The maximum absolute atomic E-state index is 13.6. The molecule has 0 bridgehead atoms. The topological polar surface area (TPSA) is 55.4 Å². The van der Waals surface area contributed by atoms with Crippen LogP contribution in [0.4, 0.5) is 10.1 Å². The molecule has 16 heavy (non-hydrogen) atoms. The van der Waals surface area contributed by atoms with Crippen LogP contribution in [0.25, 0.3) is 0 Å². The van der Waals surface area contributed by atoms with Gasteiger partial charge in [-0.15, -0.1) is 0 Å². The van der Waals surface area contributed by atoms with Crippen LogP contribution in [0.3, 0.4) is 0 Å². The smallest absolute Gasteiger partial charge is 0.265 e. The third kappa shape index (κ3) is 1.54. The van der Waals surface area contributed by atoms with Crippen LogP contribution in [0.1, 0.15) is 25.1 Å². The van der Waals surface area contributed by atoms with Crippen molar-refractivity contribution < 1.29 is 20.1 Å². The van der Waals surface area contributed by atoms with Gasteiger partial charge in [0.2, 0.25) is 0 Å². The van der Waals surface area contributed by atoms with Crippen molar-refractivity contribution in [1.29, 1.82) is 0 Å². The summed E-state index contributed by atoms with van der Waals surface area (Å²) in [7, 11) is 0. The molecule has 1 amide bonds. The number of carbonyl (C=O) groups excluding carboxylic acids is 2. The highest BCUT2D eigenvalue weighted by atomic mass is 19.1. The number of carbonyl (C=O) groups is 2. The minimum atomic E-state index is -0.754. The first-order valence-corrected chi connectivity index (χ1v) is 4.92. The molecule has 1 aliphatic heterocycles. The molecule has 0 aromatic heterocycles. The van der Waals surface area contributed by atoms with Crippen LogP contribution >= 0.6 is 0 Å². The van der Waals surface area contributed by atoms with Gasteiger partial charge in [0.15, 0.2) is 18.2 Å². The fourth-order valence-electron chi connectivity index (χ4n) is 1.56. The van der Waals surface area contributed by atoms with Gasteiger partial charge in [-0.2, -0.15) is 0 Å². The fourth-order valence-corrected chi connectivity index (χ4v) is 1.56. The number of hydrogen-bond acceptors (Lipinski definition) is 3. The third-order valence-corrected chi connectivity index (χ3v) is 2.44. The Balaban J connectivity index is 0.00000144. The van der Waals surface area contributed by atoms with Crippen LogP contribution in [0.5, 0.6) is 5.75 Å². The number of halogens is 1. The lowest BCUT2D eigenvalue weighted by atomic mass is 10.1. The number of ether oxygens (including phenoxy) is 1. The zero-order valence-electron chi connectivity index (χ0n) is 8.62. The molecule has 0 fully saturated rings. The summed E-state index contributed by atoms with van der Waals surface area (Å²) in [4.78, 5) is 22.0. The van der Waals surface area contributed by atoms with Crippen molar-refractivity contribution in [2.24, 2.45) is 0 Å². The van der Waals surface area contributed by atoms with E-state index in [2.05, 4.69) is 5.32 Å². The Morgan fingerprint density at radius 3 is 3.00 bits per heavy atom. The lowest BCUT2D eigenvalue weighted by molar-refractivity contribution is -0.123. The van der Waals surface area contributed by atoms with E-state index in [0.29, 0.717) is 12.7 Å². The molecule has 5 heteroatoms. The molecule has 1 aromatic rings. The van der Waals surface area contributed by atoms with Gasteiger partial charge in [-0.05, 0) is 18.6 Å². The predicted molar refractivity (Wildman–Crippen MR) is 57.2 cm³/mol. The van der Waals surface area contributed by atoms with Gasteiger partial charge in [-0.3, -0.25) is 9.59 Å². The molecule has 0 aliphatic carbocycles. The normalized spacial score (nSPS) is 18.4. The lowest BCUT2D eigenvalue weighted by Gasteiger charge is -2.25. The van der Waals surface area contributed by atoms with E-state index in [9.17, 15) is 14.0 Å². The first-order valence-electron chi connectivity index (χ1n) is 4.92. The largest absolute Gasteiger partial charge is 0.478 e. The number of hydrogen-bond donors (Lipinski definition) is 1. The first kappa shape index (κ1) is 10.6. The number of anilines is 1. The molecular weight excluding hydrogens is 213 g/mol. The summed E-state index contributed by atoms with van der Waals surface area (Å²) in [6.07, 6.45) is 0.296. The lowest BCUT2D eigenvalue weighted by Crippen LogP contribution is -2.36. The predicted octanol–water partition coefficient (Wildman–Crippen LogP) is 1.99. The monoisotopic (exact) mass is 225 g/mol. The van der Waals surface area contributed by atoms with E-state index in [0.717, 1.165) is 0 Å². The molecule has 1 aromatic carbocycles. The van der Waals surface area contributed by atoms with Gasteiger partial charge in [-0.25, -0.2) is 4.39 Å². The maximum atomic E-state index is 13.6. The Kier molecular flexibility index (Phi) is 2.60. The van der Waals surface area contributed by atoms with E-state index in [1.165, 1.54) is 12.1 Å². The van der Waals surface area contributed by atoms with Gasteiger partial charge < -0.3 is 10.1 Å². The standard InChI is InChI=1S/C11H10FNO3.H2/c1-2-7-11(15)13-10-8(16-7)4-3-6(5-14)9(10)12;/h3-5,7H,2H2,1H3,(H,13,15);1H. The summed E-state index contributed by atoms with van der Waals surface area (Å²) in [5.41, 5.74) is -0.156. The molecule has 1 aliphatic rings. The second-order valence-corrected chi connectivity index (χ2v) is 3.46. The molecular formula is C11H12FNO3. The molecule has 0 saturated carbocycles. The van der Waals surface area contributed by atoms with Crippen LogP contribution in [0.2, 0.25) is 0 Å². The summed E-state index contributed by atoms with van der Waals surface area (Å²) in [6, 6.07) is 2.80. The molecule has 1 atom stereocenters. The van der Waals surface area contributed by atoms with Crippen molar-refractivity contribution in [3.63, 3.8) is 0 Å². The Hall–Kier alpha value is -1.91. The molecule has 1 unspecified atom stereocenters. The van der Waals surface area contributed by atoms with Gasteiger partial charge in [-0.1, -0.05) is 6.92 Å². The summed E-state index contributed by atoms with van der Waals surface area (Å²) < 4.78 is 18.9. The molecule has 0 spiro atoms. The highest BCUT2D eigenvalue weighted by molar-refractivity contribution is 5.98. The molecule has 1 heterocycles. The van der Waals surface area contributed by atoms with Crippen molar-refractivity contribution in [2.45, 2.75) is 19.4 Å². The molecule has 4 nitrogen and oxygen atoms in total. The Morgan fingerprint density at radius 1 is 1.62 bits per heavy atom. The van der Waals surface area contributed by atoms with Gasteiger partial charge in [0, 0.05) is 1.43 Å². The number of fused-ring (bicyclic) bond motifs is 1. The van der Waals surface area contributed by atoms with Crippen molar-refractivity contribution in [2.75, 3.05) is 5.32 Å². The number of amides is 1. The average Bonchev–Trinajstić information content (AvgIpc) is 2.30. The van der Waals surface area contributed by atoms with E-state index in [1.54, 1.807) is 6.92 Å². The Labute approximate surface area is 92.9 Å². The van der Waals surface area contributed by atoms with Gasteiger partial charge in [0.05, 0.1) is 5.56 Å². The molecule has 1 N–H and O–H groups in total. The van der Waals surface area contributed by atoms with Crippen LogP contribution in [0.15, 0.2) is 12.1 Å². The van der Waals surface area contributed by atoms with Gasteiger partial charge in [0.1, 0.15) is 11.4 Å². The summed E-state index contributed by atoms with van der Waals surface area (Å²) in [5.74, 6) is -0.887. The quantitative estimate of drug-likeness (QED) is 0.783. The van der Waals surface area contributed by atoms with E-state index >= 15 is 0 Å². The van der Waals surface area contributed by atoms with E-state index in [4.69, 9.17) is 4.74 Å². The average molecular weight is 225 g/mol. The van der Waals surface area contributed by atoms with Crippen molar-refractivity contribution >= 4 is 17.9 Å². The zero-order valence-corrected chi connectivity index (χ0v) is 8.62. The molecule has 0 saturated heterocycles. The van der Waals surface area contributed by atoms with Crippen LogP contribution in [-0.2, 0) is 4.79 Å². The SMILES string of the molecule is CCC1Oc2ccc(C=O)c(F)c2NC1=O.[HH]. The first-order chi connectivity index (χ1) is 7.67. The number of rotatable bonds is 2. The number of aldehydes is 1. The van der Waals surface area contributed by atoms with Crippen molar-refractivity contribution in [1.82, 2.24) is 0 Å². The Morgan fingerprint density at radius 2 is 2.38 bits per heavy atom. The van der Waals surface area contributed by atoms with Crippen LogP contribution in [0, 0.1) is 5.82 Å². The molecule has 86 valence electrons. The van der Waals surface area contributed by atoms with E-state index in [1.807, 2.05) is 0 Å². The summed E-state index contributed by atoms with van der Waals surface area (Å²) >= 11 is 0. The maximum Gasteiger partial charge on any atom is 0.265 e. The van der Waals surface area contributed by atoms with Crippen molar-refractivity contribution in [3.8, 4) is 5.75 Å². The van der Waals surface area contributed by atoms with Gasteiger partial charge >= 0.3 is 0 Å². The zero-order chi connectivity index (χ0) is 11.7. The van der Waals surface area contributed by atoms with Crippen LogP contribution < -0.4 is 10.1 Å². The minimum Gasteiger partial charge on any atom is -0.478 e. The molecule has 2 rings (SSSR count). The Bertz CT molecular complexity index is 464. The number of benzene rings is 1. The minimum absolute atomic E-state index is 0. The second kappa shape index (κ2) is 3.92. The molecule has 0 radical (unpaired) electrons. The third-order valence-electron chi connectivity index (χ3n) is 2.44. The highest BCUT2D eigenvalue weighted by Gasteiger charge is 2.28. The van der Waals surface area contributed by atoms with E-state index < -0.39 is 17.8 Å². The second-order valence-electron chi connectivity index (χ2n) is 3.46. The number of nitrogens with one attached hydrogen (secondary N) is 1. The van der Waals surface area contributed by atoms with Crippen molar-refractivity contribution in [3.05, 3.63) is 23.5 Å². The van der Waals surface area contributed by atoms with E-state index in [-0.39, 0.29) is 18.4 Å². The highest BCUT2D eigenvalue weighted by Crippen LogP contribution is 2.33. The van der Waals surface area contributed by atoms with Gasteiger partial charge in [0.25, 0.3) is 5.91 Å². The fraction of sp³-hybridized carbons (Fsp3) is 0.273. The summed E-state index contributed by atoms with van der Waals surface area (Å²) in [5, 5.41) is 2.41. The summed E-state index contributed by atoms with van der Waals surface area (Å²) in [6.45, 7) is 1.80. The van der Waals surface area contributed by atoms with Crippen LogP contribution in [-0.4, -0.2) is 18.3 Å².